The van der Waals surface area contributed by atoms with E-state index >= 15 is 0 Å². The quantitative estimate of drug-likeness (QED) is 0.709. The lowest BCUT2D eigenvalue weighted by molar-refractivity contribution is 0.312. The Balaban J connectivity index is 2.79. The van der Waals surface area contributed by atoms with Gasteiger partial charge in [-0.15, -0.1) is 0 Å². The molecule has 0 bridgehead atoms. The van der Waals surface area contributed by atoms with Crippen molar-refractivity contribution in [2.24, 2.45) is 0 Å². The average Bonchev–Trinajstić information content (AvgIpc) is 2.41. The van der Waals surface area contributed by atoms with E-state index in [0.717, 1.165) is 36.6 Å². The molecule has 1 rings (SSSR count). The summed E-state index contributed by atoms with van der Waals surface area (Å²) in [5.74, 6) is 1.66. The van der Waals surface area contributed by atoms with Crippen LogP contribution in [0.5, 0.6) is 11.5 Å². The number of unbranched alkanes of at least 4 members (excludes halogenated alkanes) is 1. The molecule has 0 aliphatic rings. The minimum absolute atomic E-state index is 0.600. The van der Waals surface area contributed by atoms with Crippen molar-refractivity contribution in [1.29, 1.82) is 5.26 Å². The van der Waals surface area contributed by atoms with Crippen LogP contribution in [-0.4, -0.2) is 32.7 Å². The summed E-state index contributed by atoms with van der Waals surface area (Å²) in [6.07, 6.45) is 1.49. The van der Waals surface area contributed by atoms with Crippen molar-refractivity contribution in [3.63, 3.8) is 0 Å². The second-order valence-electron chi connectivity index (χ2n) is 4.62. The van der Waals surface area contributed by atoms with Crippen LogP contribution < -0.4 is 9.47 Å². The molecule has 104 valence electrons. The molecule has 0 atom stereocenters. The van der Waals surface area contributed by atoms with Crippen molar-refractivity contribution in [2.45, 2.75) is 26.3 Å². The maximum atomic E-state index is 8.55. The highest BCUT2D eigenvalue weighted by atomic mass is 16.5. The number of ether oxygens (including phenoxy) is 2. The second kappa shape index (κ2) is 7.65. The molecule has 1 aromatic rings. The number of aryl methyl sites for hydroxylation is 1. The molecule has 0 aliphatic carbocycles. The van der Waals surface area contributed by atoms with Crippen molar-refractivity contribution >= 4 is 0 Å². The van der Waals surface area contributed by atoms with Gasteiger partial charge in [0.05, 0.1) is 20.3 Å². The fourth-order valence-corrected chi connectivity index (χ4v) is 2.03. The first-order valence-electron chi connectivity index (χ1n) is 6.39. The smallest absolute Gasteiger partial charge is 0.127 e. The first kappa shape index (κ1) is 15.3. The first-order valence-corrected chi connectivity index (χ1v) is 6.39. The normalized spacial score (nSPS) is 10.3. The Morgan fingerprint density at radius 1 is 1.26 bits per heavy atom. The summed E-state index contributed by atoms with van der Waals surface area (Å²) < 4.78 is 10.7. The number of nitrogens with zero attached hydrogens (tertiary/aromatic N) is 2. The van der Waals surface area contributed by atoms with Crippen LogP contribution >= 0.6 is 0 Å². The zero-order valence-electron chi connectivity index (χ0n) is 12.2. The molecule has 0 fully saturated rings. The molecule has 1 aromatic carbocycles. The highest BCUT2D eigenvalue weighted by Gasteiger charge is 2.11. The van der Waals surface area contributed by atoms with Gasteiger partial charge in [-0.2, -0.15) is 5.26 Å². The molecule has 0 unspecified atom stereocenters. The predicted octanol–water partition coefficient (Wildman–Crippen LogP) is 2.75. The number of methoxy groups -OCH3 is 2. The third-order valence-electron chi connectivity index (χ3n) is 3.12. The van der Waals surface area contributed by atoms with Crippen LogP contribution in [0.4, 0.5) is 0 Å². The average molecular weight is 262 g/mol. The van der Waals surface area contributed by atoms with Crippen molar-refractivity contribution in [1.82, 2.24) is 4.90 Å². The van der Waals surface area contributed by atoms with Crippen LogP contribution in [0.1, 0.15) is 24.0 Å². The van der Waals surface area contributed by atoms with Crippen LogP contribution in [0.3, 0.4) is 0 Å². The first-order chi connectivity index (χ1) is 9.12. The molecule has 0 saturated carbocycles. The van der Waals surface area contributed by atoms with Gasteiger partial charge in [-0.05, 0) is 38.6 Å². The molecular weight excluding hydrogens is 240 g/mol. The molecule has 0 saturated heterocycles. The van der Waals surface area contributed by atoms with Gasteiger partial charge in [0.15, 0.2) is 0 Å². The summed E-state index contributed by atoms with van der Waals surface area (Å²) in [6.45, 7) is 3.77. The van der Waals surface area contributed by atoms with Gasteiger partial charge in [-0.1, -0.05) is 0 Å². The molecule has 4 heteroatoms. The molecule has 0 radical (unpaired) electrons. The number of rotatable bonds is 7. The minimum Gasteiger partial charge on any atom is -0.497 e. The van der Waals surface area contributed by atoms with Crippen molar-refractivity contribution in [3.8, 4) is 17.6 Å². The van der Waals surface area contributed by atoms with Crippen LogP contribution in [0.15, 0.2) is 12.1 Å². The summed E-state index contributed by atoms with van der Waals surface area (Å²) in [7, 11) is 5.38. The van der Waals surface area contributed by atoms with Crippen LogP contribution in [0.25, 0.3) is 0 Å². The van der Waals surface area contributed by atoms with E-state index in [1.54, 1.807) is 14.2 Å². The van der Waals surface area contributed by atoms with E-state index in [0.29, 0.717) is 6.42 Å². The zero-order chi connectivity index (χ0) is 14.3. The molecule has 0 amide bonds. The van der Waals surface area contributed by atoms with E-state index in [1.165, 1.54) is 5.56 Å². The molecule has 0 aliphatic heterocycles. The van der Waals surface area contributed by atoms with Crippen molar-refractivity contribution in [2.75, 3.05) is 27.8 Å². The molecule has 0 spiro atoms. The molecule has 4 nitrogen and oxygen atoms in total. The van der Waals surface area contributed by atoms with Crippen LogP contribution in [0, 0.1) is 18.3 Å². The maximum Gasteiger partial charge on any atom is 0.127 e. The van der Waals surface area contributed by atoms with Crippen molar-refractivity contribution in [3.05, 3.63) is 23.3 Å². The lowest BCUT2D eigenvalue weighted by atomic mass is 10.1. The third kappa shape index (κ3) is 4.46. The molecule has 0 aromatic heterocycles. The lowest BCUT2D eigenvalue weighted by Gasteiger charge is -2.20. The van der Waals surface area contributed by atoms with E-state index in [-0.39, 0.29) is 0 Å². The van der Waals surface area contributed by atoms with E-state index in [2.05, 4.69) is 24.9 Å². The number of nitriles is 1. The van der Waals surface area contributed by atoms with E-state index in [4.69, 9.17) is 14.7 Å². The monoisotopic (exact) mass is 262 g/mol. The fourth-order valence-electron chi connectivity index (χ4n) is 2.03. The van der Waals surface area contributed by atoms with Gasteiger partial charge in [-0.25, -0.2) is 0 Å². The Bertz CT molecular complexity index is 452. The van der Waals surface area contributed by atoms with Gasteiger partial charge < -0.3 is 14.4 Å². The Morgan fingerprint density at radius 2 is 2.00 bits per heavy atom. The summed E-state index contributed by atoms with van der Waals surface area (Å²) in [5.41, 5.74) is 2.33. The Hall–Kier alpha value is -1.73. The largest absolute Gasteiger partial charge is 0.497 e. The number of hydrogen-bond donors (Lipinski definition) is 0. The maximum absolute atomic E-state index is 8.55. The third-order valence-corrected chi connectivity index (χ3v) is 3.12. The van der Waals surface area contributed by atoms with Gasteiger partial charge in [0, 0.05) is 24.6 Å². The topological polar surface area (TPSA) is 45.5 Å². The minimum atomic E-state index is 0.600. The highest BCUT2D eigenvalue weighted by Crippen LogP contribution is 2.29. The lowest BCUT2D eigenvalue weighted by Crippen LogP contribution is -2.20. The van der Waals surface area contributed by atoms with Gasteiger partial charge in [0.1, 0.15) is 11.5 Å². The predicted molar refractivity (Wildman–Crippen MR) is 75.5 cm³/mol. The van der Waals surface area contributed by atoms with E-state index < -0.39 is 0 Å². The van der Waals surface area contributed by atoms with Crippen LogP contribution in [0.2, 0.25) is 0 Å². The standard InChI is InChI=1S/C15H22N2O2/c1-12-9-13(18-3)10-15(19-4)14(12)11-17(2)8-6-5-7-16/h9-10H,5-6,8,11H2,1-4H3. The highest BCUT2D eigenvalue weighted by molar-refractivity contribution is 5.46. The number of benzene rings is 1. The summed E-state index contributed by atoms with van der Waals surface area (Å²) in [4.78, 5) is 2.20. The summed E-state index contributed by atoms with van der Waals surface area (Å²) in [5, 5.41) is 8.55. The molecule has 0 N–H and O–H groups in total. The van der Waals surface area contributed by atoms with E-state index in [9.17, 15) is 0 Å². The molecule has 19 heavy (non-hydrogen) atoms. The Morgan fingerprint density at radius 3 is 2.58 bits per heavy atom. The molecule has 0 heterocycles. The number of hydrogen-bond acceptors (Lipinski definition) is 4. The second-order valence-corrected chi connectivity index (χ2v) is 4.62. The van der Waals surface area contributed by atoms with Gasteiger partial charge >= 0.3 is 0 Å². The summed E-state index contributed by atoms with van der Waals surface area (Å²) in [6, 6.07) is 6.09. The SMILES string of the molecule is COc1cc(C)c(CN(C)CCCC#N)c(OC)c1. The summed E-state index contributed by atoms with van der Waals surface area (Å²) >= 11 is 0. The van der Waals surface area contributed by atoms with Crippen molar-refractivity contribution < 1.29 is 9.47 Å². The van der Waals surface area contributed by atoms with Gasteiger partial charge in [-0.3, -0.25) is 0 Å². The molecular formula is C15H22N2O2. The van der Waals surface area contributed by atoms with Crippen LogP contribution in [-0.2, 0) is 6.54 Å². The van der Waals surface area contributed by atoms with Gasteiger partial charge in [0.25, 0.3) is 0 Å². The van der Waals surface area contributed by atoms with Gasteiger partial charge in [0.2, 0.25) is 0 Å². The van der Waals surface area contributed by atoms with E-state index in [1.807, 2.05) is 12.1 Å². The Kier molecular flexibility index (Phi) is 6.17. The fraction of sp³-hybridized carbons (Fsp3) is 0.533. The zero-order valence-corrected chi connectivity index (χ0v) is 12.2. The Labute approximate surface area is 115 Å².